The highest BCUT2D eigenvalue weighted by molar-refractivity contribution is 6.32. The summed E-state index contributed by atoms with van der Waals surface area (Å²) in [6, 6.07) is 9.86. The van der Waals surface area contributed by atoms with Gasteiger partial charge >= 0.3 is 0 Å². The summed E-state index contributed by atoms with van der Waals surface area (Å²) < 4.78 is 19.1. The summed E-state index contributed by atoms with van der Waals surface area (Å²) in [7, 11) is 0. The molecule has 0 unspecified atom stereocenters. The van der Waals surface area contributed by atoms with E-state index in [1.54, 1.807) is 24.3 Å². The van der Waals surface area contributed by atoms with Crippen molar-refractivity contribution in [2.24, 2.45) is 0 Å². The van der Waals surface area contributed by atoms with Crippen LogP contribution in [0.25, 0.3) is 11.3 Å². The Morgan fingerprint density at radius 1 is 1.25 bits per heavy atom. The van der Waals surface area contributed by atoms with Crippen LogP contribution in [0.15, 0.2) is 47.1 Å². The molecule has 0 saturated heterocycles. The quantitative estimate of drug-likeness (QED) is 0.443. The van der Waals surface area contributed by atoms with Gasteiger partial charge in [0.1, 0.15) is 16.5 Å². The van der Waals surface area contributed by atoms with E-state index in [2.05, 4.69) is 36.0 Å². The van der Waals surface area contributed by atoms with Crippen molar-refractivity contribution in [3.63, 3.8) is 0 Å². The molecule has 1 aromatic carbocycles. The van der Waals surface area contributed by atoms with Gasteiger partial charge in [-0.1, -0.05) is 28.9 Å². The van der Waals surface area contributed by atoms with Crippen LogP contribution in [-0.2, 0) is 6.54 Å². The summed E-state index contributed by atoms with van der Waals surface area (Å²) in [6.45, 7) is 2.16. The summed E-state index contributed by atoms with van der Waals surface area (Å²) in [5, 5.41) is 17.2. The van der Waals surface area contributed by atoms with Gasteiger partial charge in [0.2, 0.25) is 5.95 Å². The van der Waals surface area contributed by atoms with E-state index in [4.69, 9.17) is 16.1 Å². The van der Waals surface area contributed by atoms with Crippen LogP contribution in [0.4, 0.5) is 22.0 Å². The van der Waals surface area contributed by atoms with Gasteiger partial charge in [-0.3, -0.25) is 5.10 Å². The molecule has 0 radical (unpaired) electrons. The first kappa shape index (κ1) is 17.9. The molecule has 0 fully saturated rings. The zero-order chi connectivity index (χ0) is 19.5. The molecule has 0 aliphatic carbocycles. The van der Waals surface area contributed by atoms with Gasteiger partial charge in [-0.15, -0.1) is 0 Å². The molecule has 142 valence electrons. The standard InChI is InChI=1S/C18H15ClFN7O/c1-10-6-16(26-25-10)23-17-13(19)9-22-18(24-17)21-8-11-7-15(27-28-11)12-4-2-3-5-14(12)20/h2-7,9H,8H2,1H3,(H3,21,22,23,24,25,26). The number of hydrogen-bond acceptors (Lipinski definition) is 7. The van der Waals surface area contributed by atoms with Crippen molar-refractivity contribution in [1.82, 2.24) is 25.3 Å². The molecular formula is C18H15ClFN7O. The normalized spacial score (nSPS) is 10.8. The van der Waals surface area contributed by atoms with Gasteiger partial charge in [0.25, 0.3) is 0 Å². The van der Waals surface area contributed by atoms with E-state index in [-0.39, 0.29) is 12.4 Å². The van der Waals surface area contributed by atoms with Crippen LogP contribution >= 0.6 is 11.6 Å². The lowest BCUT2D eigenvalue weighted by Crippen LogP contribution is -2.05. The fourth-order valence-electron chi connectivity index (χ4n) is 2.50. The number of H-pyrrole nitrogens is 1. The van der Waals surface area contributed by atoms with Gasteiger partial charge in [0.15, 0.2) is 17.4 Å². The minimum absolute atomic E-state index is 0.268. The topological polar surface area (TPSA) is 105 Å². The van der Waals surface area contributed by atoms with Crippen molar-refractivity contribution in [2.75, 3.05) is 10.6 Å². The van der Waals surface area contributed by atoms with Crippen LogP contribution in [0, 0.1) is 12.7 Å². The van der Waals surface area contributed by atoms with Crippen LogP contribution in [0.2, 0.25) is 5.02 Å². The molecule has 28 heavy (non-hydrogen) atoms. The molecule has 10 heteroatoms. The summed E-state index contributed by atoms with van der Waals surface area (Å²) in [6.07, 6.45) is 1.48. The first-order chi connectivity index (χ1) is 13.6. The molecule has 4 aromatic rings. The van der Waals surface area contributed by atoms with Crippen LogP contribution in [0.3, 0.4) is 0 Å². The fourth-order valence-corrected chi connectivity index (χ4v) is 2.64. The van der Waals surface area contributed by atoms with E-state index in [1.807, 2.05) is 13.0 Å². The Hall–Kier alpha value is -3.46. The minimum atomic E-state index is -0.360. The Bertz CT molecular complexity index is 1110. The maximum Gasteiger partial charge on any atom is 0.225 e. The third kappa shape index (κ3) is 3.94. The zero-order valence-electron chi connectivity index (χ0n) is 14.7. The van der Waals surface area contributed by atoms with Crippen LogP contribution in [0.1, 0.15) is 11.5 Å². The van der Waals surface area contributed by atoms with Gasteiger partial charge in [-0.05, 0) is 19.1 Å². The van der Waals surface area contributed by atoms with E-state index >= 15 is 0 Å². The molecule has 3 N–H and O–H groups in total. The molecule has 4 rings (SSSR count). The zero-order valence-corrected chi connectivity index (χ0v) is 15.5. The number of hydrogen-bond donors (Lipinski definition) is 3. The molecule has 8 nitrogen and oxygen atoms in total. The minimum Gasteiger partial charge on any atom is -0.359 e. The fraction of sp³-hybridized carbons (Fsp3) is 0.111. The predicted octanol–water partition coefficient (Wildman–Crippen LogP) is 4.31. The highest BCUT2D eigenvalue weighted by Crippen LogP contribution is 2.24. The Labute approximate surface area is 164 Å². The Balaban J connectivity index is 1.45. The van der Waals surface area contributed by atoms with E-state index in [0.29, 0.717) is 39.6 Å². The molecule has 0 aliphatic rings. The van der Waals surface area contributed by atoms with Crippen LogP contribution in [-0.4, -0.2) is 25.3 Å². The van der Waals surface area contributed by atoms with Gasteiger partial charge < -0.3 is 15.2 Å². The average Bonchev–Trinajstić information content (AvgIpc) is 3.32. The molecule has 0 aliphatic heterocycles. The number of benzene rings is 1. The number of nitrogens with one attached hydrogen (secondary N) is 3. The van der Waals surface area contributed by atoms with Crippen LogP contribution < -0.4 is 10.6 Å². The maximum absolute atomic E-state index is 13.9. The molecule has 0 atom stereocenters. The molecule has 0 saturated carbocycles. The Morgan fingerprint density at radius 2 is 2.11 bits per heavy atom. The second-order valence-corrected chi connectivity index (χ2v) is 6.37. The number of halogens is 2. The number of rotatable bonds is 6. The maximum atomic E-state index is 13.9. The lowest BCUT2D eigenvalue weighted by Gasteiger charge is -2.07. The van der Waals surface area contributed by atoms with Gasteiger partial charge in [-0.25, -0.2) is 9.37 Å². The van der Waals surface area contributed by atoms with E-state index < -0.39 is 0 Å². The van der Waals surface area contributed by atoms with Crippen molar-refractivity contribution in [3.8, 4) is 11.3 Å². The molecule has 0 bridgehead atoms. The summed E-state index contributed by atoms with van der Waals surface area (Å²) >= 11 is 6.14. The van der Waals surface area contributed by atoms with Crippen molar-refractivity contribution >= 4 is 29.2 Å². The monoisotopic (exact) mass is 399 g/mol. The van der Waals surface area contributed by atoms with Gasteiger partial charge in [0.05, 0.1) is 12.7 Å². The average molecular weight is 400 g/mol. The SMILES string of the molecule is Cc1cc(Nc2nc(NCc3cc(-c4ccccc4F)no3)ncc2Cl)n[nH]1. The van der Waals surface area contributed by atoms with Gasteiger partial charge in [-0.2, -0.15) is 10.1 Å². The molecule has 3 aromatic heterocycles. The summed E-state index contributed by atoms with van der Waals surface area (Å²) in [5.41, 5.74) is 1.70. The third-order valence-electron chi connectivity index (χ3n) is 3.83. The predicted molar refractivity (Wildman–Crippen MR) is 103 cm³/mol. The number of aromatic nitrogens is 5. The number of aromatic amines is 1. The summed E-state index contributed by atoms with van der Waals surface area (Å²) in [5.74, 6) is 1.49. The first-order valence-corrected chi connectivity index (χ1v) is 8.72. The number of aryl methyl sites for hydroxylation is 1. The van der Waals surface area contributed by atoms with E-state index in [1.165, 1.54) is 12.3 Å². The Kier molecular flexibility index (Phi) is 4.90. The molecule has 0 spiro atoms. The van der Waals surface area contributed by atoms with Crippen molar-refractivity contribution in [1.29, 1.82) is 0 Å². The van der Waals surface area contributed by atoms with Gasteiger partial charge in [0, 0.05) is 23.4 Å². The molecule has 3 heterocycles. The smallest absolute Gasteiger partial charge is 0.225 e. The lowest BCUT2D eigenvalue weighted by atomic mass is 10.1. The largest absolute Gasteiger partial charge is 0.359 e. The lowest BCUT2D eigenvalue weighted by molar-refractivity contribution is 0.389. The van der Waals surface area contributed by atoms with Crippen molar-refractivity contribution in [3.05, 3.63) is 64.9 Å². The molecule has 0 amide bonds. The second kappa shape index (κ2) is 7.65. The van der Waals surface area contributed by atoms with Crippen molar-refractivity contribution in [2.45, 2.75) is 13.5 Å². The second-order valence-electron chi connectivity index (χ2n) is 5.96. The first-order valence-electron chi connectivity index (χ1n) is 8.34. The highest BCUT2D eigenvalue weighted by Gasteiger charge is 2.12. The number of anilines is 3. The van der Waals surface area contributed by atoms with E-state index in [0.717, 1.165) is 5.69 Å². The Morgan fingerprint density at radius 3 is 2.89 bits per heavy atom. The summed E-state index contributed by atoms with van der Waals surface area (Å²) in [4.78, 5) is 8.47. The van der Waals surface area contributed by atoms with E-state index in [9.17, 15) is 4.39 Å². The number of nitrogens with zero attached hydrogens (tertiary/aromatic N) is 4. The molecular weight excluding hydrogens is 385 g/mol. The third-order valence-corrected chi connectivity index (χ3v) is 4.10. The van der Waals surface area contributed by atoms with Crippen LogP contribution in [0.5, 0.6) is 0 Å². The highest BCUT2D eigenvalue weighted by atomic mass is 35.5. The van der Waals surface area contributed by atoms with Crippen molar-refractivity contribution < 1.29 is 8.91 Å².